The van der Waals surface area contributed by atoms with E-state index in [4.69, 9.17) is 0 Å². The van der Waals surface area contributed by atoms with Crippen molar-refractivity contribution in [1.29, 1.82) is 0 Å². The van der Waals surface area contributed by atoms with E-state index >= 15 is 0 Å². The number of likely N-dealkylation sites (N-methyl/N-ethyl adjacent to an activating group) is 1. The zero-order chi connectivity index (χ0) is 13.7. The van der Waals surface area contributed by atoms with Gasteiger partial charge in [0, 0.05) is 17.8 Å². The van der Waals surface area contributed by atoms with Crippen molar-refractivity contribution in [2.45, 2.75) is 32.7 Å². The minimum absolute atomic E-state index is 0.331. The SMILES string of the molecule is CCNC(Cc1cccc(O)c1)Cc1csc(C)n1. The van der Waals surface area contributed by atoms with E-state index in [1.54, 1.807) is 17.4 Å². The van der Waals surface area contributed by atoms with Crippen molar-refractivity contribution in [1.82, 2.24) is 10.3 Å². The maximum atomic E-state index is 9.52. The van der Waals surface area contributed by atoms with Crippen LogP contribution < -0.4 is 5.32 Å². The number of nitrogens with one attached hydrogen (secondary N) is 1. The summed E-state index contributed by atoms with van der Waals surface area (Å²) in [7, 11) is 0. The lowest BCUT2D eigenvalue weighted by Gasteiger charge is -2.17. The fourth-order valence-electron chi connectivity index (χ4n) is 2.23. The lowest BCUT2D eigenvalue weighted by Crippen LogP contribution is -2.33. The molecule has 0 aliphatic rings. The molecular formula is C15H20N2OS. The highest BCUT2D eigenvalue weighted by Crippen LogP contribution is 2.15. The molecule has 4 heteroatoms. The number of aromatic nitrogens is 1. The van der Waals surface area contributed by atoms with E-state index in [1.165, 1.54) is 0 Å². The van der Waals surface area contributed by atoms with Gasteiger partial charge in [-0.1, -0.05) is 19.1 Å². The smallest absolute Gasteiger partial charge is 0.115 e. The number of hydrogen-bond donors (Lipinski definition) is 2. The molecular weight excluding hydrogens is 256 g/mol. The van der Waals surface area contributed by atoms with Gasteiger partial charge in [-0.25, -0.2) is 4.98 Å². The number of hydrogen-bond acceptors (Lipinski definition) is 4. The molecule has 2 rings (SSSR count). The van der Waals surface area contributed by atoms with Crippen LogP contribution in [0.15, 0.2) is 29.6 Å². The van der Waals surface area contributed by atoms with Crippen molar-refractivity contribution < 1.29 is 5.11 Å². The third kappa shape index (κ3) is 4.33. The van der Waals surface area contributed by atoms with Gasteiger partial charge < -0.3 is 10.4 Å². The molecule has 0 spiro atoms. The average Bonchev–Trinajstić information content (AvgIpc) is 2.75. The third-order valence-electron chi connectivity index (χ3n) is 3.01. The van der Waals surface area contributed by atoms with Crippen LogP contribution >= 0.6 is 11.3 Å². The summed E-state index contributed by atoms with van der Waals surface area (Å²) in [6.07, 6.45) is 1.83. The number of benzene rings is 1. The molecule has 1 aromatic carbocycles. The van der Waals surface area contributed by atoms with Gasteiger partial charge in [-0.2, -0.15) is 0 Å². The van der Waals surface area contributed by atoms with Crippen molar-refractivity contribution in [2.24, 2.45) is 0 Å². The van der Waals surface area contributed by atoms with Crippen LogP contribution in [-0.2, 0) is 12.8 Å². The first-order valence-electron chi connectivity index (χ1n) is 6.59. The second-order valence-electron chi connectivity index (χ2n) is 4.69. The van der Waals surface area contributed by atoms with Crippen LogP contribution in [0.25, 0.3) is 0 Å². The number of thiazole rings is 1. The minimum Gasteiger partial charge on any atom is -0.508 e. The van der Waals surface area contributed by atoms with E-state index < -0.39 is 0 Å². The van der Waals surface area contributed by atoms with Gasteiger partial charge in [0.2, 0.25) is 0 Å². The first-order chi connectivity index (χ1) is 9.17. The zero-order valence-electron chi connectivity index (χ0n) is 11.4. The highest BCUT2D eigenvalue weighted by molar-refractivity contribution is 7.09. The van der Waals surface area contributed by atoms with E-state index in [9.17, 15) is 5.11 Å². The molecule has 1 heterocycles. The Morgan fingerprint density at radius 1 is 1.37 bits per heavy atom. The number of nitrogens with zero attached hydrogens (tertiary/aromatic N) is 1. The van der Waals surface area contributed by atoms with E-state index in [-0.39, 0.29) is 0 Å². The van der Waals surface area contributed by atoms with Crippen molar-refractivity contribution in [3.63, 3.8) is 0 Å². The van der Waals surface area contributed by atoms with Gasteiger partial charge in [-0.05, 0) is 37.6 Å². The number of phenols is 1. The van der Waals surface area contributed by atoms with Gasteiger partial charge >= 0.3 is 0 Å². The quantitative estimate of drug-likeness (QED) is 0.852. The summed E-state index contributed by atoms with van der Waals surface area (Å²) in [5, 5.41) is 16.2. The lowest BCUT2D eigenvalue weighted by molar-refractivity contribution is 0.472. The number of phenolic OH excluding ortho intramolecular Hbond substituents is 1. The molecule has 0 aliphatic heterocycles. The van der Waals surface area contributed by atoms with Gasteiger partial charge in [0.25, 0.3) is 0 Å². The Hall–Kier alpha value is -1.39. The first kappa shape index (κ1) is 14.0. The fourth-order valence-corrected chi connectivity index (χ4v) is 2.85. The summed E-state index contributed by atoms with van der Waals surface area (Å²) in [4.78, 5) is 4.52. The summed E-state index contributed by atoms with van der Waals surface area (Å²) < 4.78 is 0. The lowest BCUT2D eigenvalue weighted by atomic mass is 10.0. The zero-order valence-corrected chi connectivity index (χ0v) is 12.2. The van der Waals surface area contributed by atoms with Gasteiger partial charge in [-0.3, -0.25) is 0 Å². The Morgan fingerprint density at radius 2 is 2.21 bits per heavy atom. The van der Waals surface area contributed by atoms with Crippen LogP contribution in [0.4, 0.5) is 0 Å². The molecule has 3 nitrogen and oxygen atoms in total. The normalized spacial score (nSPS) is 12.5. The molecule has 0 aliphatic carbocycles. The molecule has 0 fully saturated rings. The van der Waals surface area contributed by atoms with E-state index in [2.05, 4.69) is 28.7 Å². The average molecular weight is 276 g/mol. The summed E-state index contributed by atoms with van der Waals surface area (Å²) in [6, 6.07) is 7.83. The van der Waals surface area contributed by atoms with Crippen LogP contribution in [0.3, 0.4) is 0 Å². The molecule has 1 atom stereocenters. The van der Waals surface area contributed by atoms with Crippen LogP contribution in [0.5, 0.6) is 5.75 Å². The molecule has 0 saturated carbocycles. The fraction of sp³-hybridized carbons (Fsp3) is 0.400. The Labute approximate surface area is 118 Å². The van der Waals surface area contributed by atoms with Crippen molar-refractivity contribution in [3.05, 3.63) is 45.9 Å². The van der Waals surface area contributed by atoms with Gasteiger partial charge in [0.15, 0.2) is 0 Å². The van der Waals surface area contributed by atoms with Crippen LogP contribution in [-0.4, -0.2) is 22.7 Å². The van der Waals surface area contributed by atoms with Crippen molar-refractivity contribution in [2.75, 3.05) is 6.54 Å². The maximum Gasteiger partial charge on any atom is 0.115 e. The van der Waals surface area contributed by atoms with Gasteiger partial charge in [-0.15, -0.1) is 11.3 Å². The minimum atomic E-state index is 0.331. The summed E-state index contributed by atoms with van der Waals surface area (Å²) >= 11 is 1.69. The predicted molar refractivity (Wildman–Crippen MR) is 79.8 cm³/mol. The van der Waals surface area contributed by atoms with Crippen LogP contribution in [0.2, 0.25) is 0 Å². The van der Waals surface area contributed by atoms with Crippen molar-refractivity contribution in [3.8, 4) is 5.75 Å². The molecule has 1 aromatic heterocycles. The molecule has 1 unspecified atom stereocenters. The Morgan fingerprint density at radius 3 is 2.84 bits per heavy atom. The molecule has 19 heavy (non-hydrogen) atoms. The number of aromatic hydroxyl groups is 1. The molecule has 2 aromatic rings. The second-order valence-corrected chi connectivity index (χ2v) is 5.75. The summed E-state index contributed by atoms with van der Waals surface area (Å²) in [6.45, 7) is 5.08. The molecule has 0 saturated heterocycles. The standard InChI is InChI=1S/C15H20N2OS/c1-3-16-13(9-14-10-19-11(2)17-14)7-12-5-4-6-15(18)8-12/h4-6,8,10,13,16,18H,3,7,9H2,1-2H3. The maximum absolute atomic E-state index is 9.52. The Kier molecular flexibility index (Phi) is 4.93. The van der Waals surface area contributed by atoms with Crippen LogP contribution in [0, 0.1) is 6.92 Å². The highest BCUT2D eigenvalue weighted by Gasteiger charge is 2.11. The van der Waals surface area contributed by atoms with Crippen molar-refractivity contribution >= 4 is 11.3 Å². The molecule has 0 amide bonds. The Bertz CT molecular complexity index is 524. The van der Waals surface area contributed by atoms with E-state index in [0.29, 0.717) is 11.8 Å². The monoisotopic (exact) mass is 276 g/mol. The largest absolute Gasteiger partial charge is 0.508 e. The predicted octanol–water partition coefficient (Wildman–Crippen LogP) is 2.92. The topological polar surface area (TPSA) is 45.1 Å². The van der Waals surface area contributed by atoms with E-state index in [1.807, 2.05) is 19.1 Å². The number of rotatable bonds is 6. The molecule has 0 radical (unpaired) electrons. The summed E-state index contributed by atoms with van der Waals surface area (Å²) in [5.41, 5.74) is 2.30. The molecule has 102 valence electrons. The van der Waals surface area contributed by atoms with E-state index in [0.717, 1.165) is 35.7 Å². The van der Waals surface area contributed by atoms with Gasteiger partial charge in [0.1, 0.15) is 5.75 Å². The molecule has 0 bridgehead atoms. The summed E-state index contributed by atoms with van der Waals surface area (Å²) in [5.74, 6) is 0.331. The third-order valence-corrected chi connectivity index (χ3v) is 3.83. The number of aryl methyl sites for hydroxylation is 1. The second kappa shape index (κ2) is 6.68. The highest BCUT2D eigenvalue weighted by atomic mass is 32.1. The molecule has 2 N–H and O–H groups in total. The van der Waals surface area contributed by atoms with Crippen LogP contribution in [0.1, 0.15) is 23.2 Å². The Balaban J connectivity index is 2.03. The van der Waals surface area contributed by atoms with Gasteiger partial charge in [0.05, 0.1) is 10.7 Å². The first-order valence-corrected chi connectivity index (χ1v) is 7.47.